The number of fused-ring (bicyclic) bond motifs is 1. The number of nitrogens with one attached hydrogen (secondary N) is 2. The highest BCUT2D eigenvalue weighted by molar-refractivity contribution is 7.14. The summed E-state index contributed by atoms with van der Waals surface area (Å²) in [7, 11) is 1.55. The van der Waals surface area contributed by atoms with E-state index in [2.05, 4.69) is 15.6 Å². The first-order valence-corrected chi connectivity index (χ1v) is 9.44. The number of carbonyl (C=O) groups is 2. The molecule has 28 heavy (non-hydrogen) atoms. The fraction of sp³-hybridized carbons (Fsp3) is 0.150. The zero-order valence-electron chi connectivity index (χ0n) is 15.2. The van der Waals surface area contributed by atoms with Gasteiger partial charge in [0, 0.05) is 16.5 Å². The first kappa shape index (κ1) is 18.0. The number of anilines is 2. The second-order valence-electron chi connectivity index (χ2n) is 6.18. The van der Waals surface area contributed by atoms with E-state index in [1.165, 1.54) is 11.3 Å². The maximum Gasteiger partial charge on any atom is 0.265 e. The molecule has 1 atom stereocenters. The molecule has 2 aromatic carbocycles. The average molecular weight is 395 g/mol. The standard InChI is InChI=1S/C20H17N3O4S/c1-11-18(24)21-15-9-12(6-7-17(15)27-11)16-10-28-20(22-16)23-19(25)13-4-3-5-14(8-13)26-2/h3-11H,1-2H3,(H,21,24)(H,22,23,25)/t11-/m1/s1. The summed E-state index contributed by atoms with van der Waals surface area (Å²) in [6, 6.07) is 12.4. The van der Waals surface area contributed by atoms with Crippen molar-refractivity contribution in [3.05, 3.63) is 53.4 Å². The van der Waals surface area contributed by atoms with E-state index in [1.54, 1.807) is 44.4 Å². The largest absolute Gasteiger partial charge is 0.497 e. The van der Waals surface area contributed by atoms with Crippen LogP contribution in [0.25, 0.3) is 11.3 Å². The van der Waals surface area contributed by atoms with E-state index in [1.807, 2.05) is 17.5 Å². The predicted molar refractivity (Wildman–Crippen MR) is 107 cm³/mol. The van der Waals surface area contributed by atoms with E-state index in [0.717, 1.165) is 5.56 Å². The molecule has 142 valence electrons. The lowest BCUT2D eigenvalue weighted by atomic mass is 10.1. The molecular weight excluding hydrogens is 378 g/mol. The third-order valence-electron chi connectivity index (χ3n) is 4.26. The van der Waals surface area contributed by atoms with Gasteiger partial charge in [0.05, 0.1) is 18.5 Å². The second-order valence-corrected chi connectivity index (χ2v) is 7.04. The lowest BCUT2D eigenvalue weighted by Crippen LogP contribution is -2.34. The molecule has 2 amide bonds. The highest BCUT2D eigenvalue weighted by Crippen LogP contribution is 2.35. The van der Waals surface area contributed by atoms with Crippen molar-refractivity contribution >= 4 is 34.0 Å². The van der Waals surface area contributed by atoms with E-state index in [0.29, 0.717) is 33.6 Å². The monoisotopic (exact) mass is 395 g/mol. The Hall–Kier alpha value is -3.39. The van der Waals surface area contributed by atoms with E-state index in [-0.39, 0.29) is 11.8 Å². The molecule has 0 aliphatic carbocycles. The minimum atomic E-state index is -0.518. The Bertz CT molecular complexity index is 1060. The van der Waals surface area contributed by atoms with Crippen molar-refractivity contribution in [3.8, 4) is 22.8 Å². The van der Waals surface area contributed by atoms with Crippen LogP contribution in [0.15, 0.2) is 47.8 Å². The Morgan fingerprint density at radius 1 is 1.29 bits per heavy atom. The van der Waals surface area contributed by atoms with Crippen molar-refractivity contribution in [2.24, 2.45) is 0 Å². The number of hydrogen-bond donors (Lipinski definition) is 2. The third-order valence-corrected chi connectivity index (χ3v) is 5.02. The number of thiazole rings is 1. The van der Waals surface area contributed by atoms with E-state index in [4.69, 9.17) is 9.47 Å². The molecular formula is C20H17N3O4S. The van der Waals surface area contributed by atoms with Crippen LogP contribution in [0.5, 0.6) is 11.5 Å². The number of amides is 2. The first-order valence-electron chi connectivity index (χ1n) is 8.56. The van der Waals surface area contributed by atoms with Gasteiger partial charge in [-0.2, -0.15) is 0 Å². The van der Waals surface area contributed by atoms with E-state index < -0.39 is 6.10 Å². The number of nitrogens with zero attached hydrogens (tertiary/aromatic N) is 1. The summed E-state index contributed by atoms with van der Waals surface area (Å²) in [4.78, 5) is 28.7. The van der Waals surface area contributed by atoms with Gasteiger partial charge in [0.1, 0.15) is 11.5 Å². The minimum absolute atomic E-state index is 0.186. The average Bonchev–Trinajstić information content (AvgIpc) is 3.17. The molecule has 0 bridgehead atoms. The molecule has 4 rings (SSSR count). The molecule has 0 saturated carbocycles. The van der Waals surface area contributed by atoms with Crippen molar-refractivity contribution in [3.63, 3.8) is 0 Å². The van der Waals surface area contributed by atoms with Gasteiger partial charge < -0.3 is 14.8 Å². The Kier molecular flexibility index (Phi) is 4.70. The molecule has 1 aromatic heterocycles. The minimum Gasteiger partial charge on any atom is -0.497 e. The van der Waals surface area contributed by atoms with Crippen molar-refractivity contribution in [2.75, 3.05) is 17.7 Å². The third kappa shape index (κ3) is 3.54. The lowest BCUT2D eigenvalue weighted by Gasteiger charge is -2.23. The Balaban J connectivity index is 1.52. The number of ether oxygens (including phenoxy) is 2. The summed E-state index contributed by atoms with van der Waals surface area (Å²) in [6.45, 7) is 1.70. The smallest absolute Gasteiger partial charge is 0.265 e. The van der Waals surface area contributed by atoms with Crippen LogP contribution in [0.4, 0.5) is 10.8 Å². The summed E-state index contributed by atoms with van der Waals surface area (Å²) >= 11 is 1.32. The zero-order valence-corrected chi connectivity index (χ0v) is 16.0. The molecule has 3 aromatic rings. The fourth-order valence-electron chi connectivity index (χ4n) is 2.77. The van der Waals surface area contributed by atoms with Crippen LogP contribution < -0.4 is 20.1 Å². The quantitative estimate of drug-likeness (QED) is 0.702. The molecule has 0 saturated heterocycles. The highest BCUT2D eigenvalue weighted by Gasteiger charge is 2.24. The van der Waals surface area contributed by atoms with Crippen LogP contribution in [-0.2, 0) is 4.79 Å². The van der Waals surface area contributed by atoms with Gasteiger partial charge in [-0.3, -0.25) is 14.9 Å². The molecule has 2 heterocycles. The van der Waals surface area contributed by atoms with Crippen molar-refractivity contribution in [1.29, 1.82) is 0 Å². The topological polar surface area (TPSA) is 89.5 Å². The van der Waals surface area contributed by atoms with Crippen LogP contribution in [0.2, 0.25) is 0 Å². The van der Waals surface area contributed by atoms with Crippen molar-refractivity contribution in [1.82, 2.24) is 4.98 Å². The lowest BCUT2D eigenvalue weighted by molar-refractivity contribution is -0.122. The number of rotatable bonds is 4. The Labute approximate surface area is 165 Å². The van der Waals surface area contributed by atoms with Crippen LogP contribution >= 0.6 is 11.3 Å². The Morgan fingerprint density at radius 3 is 2.96 bits per heavy atom. The molecule has 0 fully saturated rings. The summed E-state index contributed by atoms with van der Waals surface area (Å²) in [5.41, 5.74) is 2.60. The van der Waals surface area contributed by atoms with Gasteiger partial charge in [-0.1, -0.05) is 6.07 Å². The second kappa shape index (κ2) is 7.32. The summed E-state index contributed by atoms with van der Waals surface area (Å²) < 4.78 is 10.7. The van der Waals surface area contributed by atoms with Crippen molar-refractivity contribution in [2.45, 2.75) is 13.0 Å². The normalized spacial score (nSPS) is 15.2. The van der Waals surface area contributed by atoms with Gasteiger partial charge in [-0.05, 0) is 43.3 Å². The van der Waals surface area contributed by atoms with Crippen LogP contribution in [0.3, 0.4) is 0 Å². The van der Waals surface area contributed by atoms with Gasteiger partial charge in [-0.25, -0.2) is 4.98 Å². The van der Waals surface area contributed by atoms with Gasteiger partial charge >= 0.3 is 0 Å². The molecule has 8 heteroatoms. The Morgan fingerprint density at radius 2 is 2.14 bits per heavy atom. The fourth-order valence-corrected chi connectivity index (χ4v) is 3.48. The molecule has 0 radical (unpaired) electrons. The number of benzene rings is 2. The summed E-state index contributed by atoms with van der Waals surface area (Å²) in [5.74, 6) is 0.784. The summed E-state index contributed by atoms with van der Waals surface area (Å²) in [6.07, 6.45) is -0.518. The number of methoxy groups -OCH3 is 1. The van der Waals surface area contributed by atoms with Crippen molar-refractivity contribution < 1.29 is 19.1 Å². The van der Waals surface area contributed by atoms with Gasteiger partial charge in [-0.15, -0.1) is 11.3 Å². The van der Waals surface area contributed by atoms with Gasteiger partial charge in [0.2, 0.25) is 0 Å². The van der Waals surface area contributed by atoms with Crippen LogP contribution in [0, 0.1) is 0 Å². The maximum atomic E-state index is 12.4. The molecule has 1 aliphatic rings. The zero-order chi connectivity index (χ0) is 19.7. The first-order chi connectivity index (χ1) is 13.5. The SMILES string of the molecule is COc1cccc(C(=O)Nc2nc(-c3ccc4c(c3)NC(=O)[C@@H](C)O4)cs2)c1. The molecule has 0 unspecified atom stereocenters. The summed E-state index contributed by atoms with van der Waals surface area (Å²) in [5, 5.41) is 7.94. The highest BCUT2D eigenvalue weighted by atomic mass is 32.1. The maximum absolute atomic E-state index is 12.4. The number of aromatic nitrogens is 1. The molecule has 0 spiro atoms. The number of carbonyl (C=O) groups excluding carboxylic acids is 2. The van der Waals surface area contributed by atoms with Gasteiger partial charge in [0.25, 0.3) is 11.8 Å². The van der Waals surface area contributed by atoms with E-state index >= 15 is 0 Å². The molecule has 7 nitrogen and oxygen atoms in total. The molecule has 1 aliphatic heterocycles. The van der Waals surface area contributed by atoms with E-state index in [9.17, 15) is 9.59 Å². The van der Waals surface area contributed by atoms with Crippen LogP contribution in [0.1, 0.15) is 17.3 Å². The van der Waals surface area contributed by atoms with Crippen LogP contribution in [-0.4, -0.2) is 30.0 Å². The predicted octanol–water partition coefficient (Wildman–Crippen LogP) is 3.79. The van der Waals surface area contributed by atoms with Gasteiger partial charge in [0.15, 0.2) is 11.2 Å². The molecule has 2 N–H and O–H groups in total. The number of hydrogen-bond acceptors (Lipinski definition) is 6.